The van der Waals surface area contributed by atoms with Crippen molar-refractivity contribution in [1.29, 1.82) is 0 Å². The average molecular weight is 456 g/mol. The van der Waals surface area contributed by atoms with Gasteiger partial charge in [0.1, 0.15) is 11.6 Å². The zero-order valence-electron chi connectivity index (χ0n) is 17.5. The van der Waals surface area contributed by atoms with Gasteiger partial charge in [-0.15, -0.1) is 13.2 Å². The van der Waals surface area contributed by atoms with E-state index in [0.717, 1.165) is 17.7 Å². The Bertz CT molecular complexity index is 1160. The lowest BCUT2D eigenvalue weighted by Crippen LogP contribution is -2.33. The first-order valence-electron chi connectivity index (χ1n) is 10.2. The van der Waals surface area contributed by atoms with Crippen molar-refractivity contribution < 1.29 is 27.1 Å². The maximum absolute atomic E-state index is 13.9. The molecule has 170 valence electrons. The van der Waals surface area contributed by atoms with E-state index in [4.69, 9.17) is 0 Å². The average Bonchev–Trinajstić information content (AvgIpc) is 3.10. The van der Waals surface area contributed by atoms with E-state index in [9.17, 15) is 22.4 Å². The van der Waals surface area contributed by atoms with Crippen LogP contribution in [0.25, 0.3) is 0 Å². The third-order valence-electron chi connectivity index (χ3n) is 5.26. The van der Waals surface area contributed by atoms with Crippen LogP contribution in [0, 0.1) is 5.82 Å². The van der Waals surface area contributed by atoms with E-state index in [1.165, 1.54) is 29.2 Å². The summed E-state index contributed by atoms with van der Waals surface area (Å²) in [4.78, 5) is 14.8. The van der Waals surface area contributed by atoms with Crippen molar-refractivity contribution in [3.63, 3.8) is 0 Å². The minimum absolute atomic E-state index is 0.183. The molecule has 0 fully saturated rings. The molecule has 2 atom stereocenters. The number of nitrogens with zero attached hydrogens (tertiary/aromatic N) is 1. The Kier molecular flexibility index (Phi) is 6.09. The molecule has 8 heteroatoms. The molecule has 1 amide bonds. The molecule has 0 bridgehead atoms. The molecular formula is C25H20F4N2O2. The molecule has 0 aromatic heterocycles. The lowest BCUT2D eigenvalue weighted by Gasteiger charge is -2.26. The summed E-state index contributed by atoms with van der Waals surface area (Å²) in [5.74, 6) is -1.23. The number of rotatable bonds is 6. The standard InChI is InChI=1S/C25H20F4N2O2/c1-16(17-6-3-2-4-7-17)30-22-15-23(18-8-5-9-19(26)14-18)31(24(22)32)20-10-12-21(13-11-20)33-25(27,28)29/h2-16,23,30H,1H3/t16-,23?/m1/s1. The highest BCUT2D eigenvalue weighted by Crippen LogP contribution is 2.37. The molecule has 33 heavy (non-hydrogen) atoms. The second-order valence-electron chi connectivity index (χ2n) is 7.57. The van der Waals surface area contributed by atoms with Crippen LogP contribution in [0.3, 0.4) is 0 Å². The van der Waals surface area contributed by atoms with Crippen molar-refractivity contribution in [2.45, 2.75) is 25.4 Å². The first kappa shape index (κ1) is 22.4. The molecular weight excluding hydrogens is 436 g/mol. The van der Waals surface area contributed by atoms with Crippen LogP contribution < -0.4 is 15.0 Å². The largest absolute Gasteiger partial charge is 0.573 e. The van der Waals surface area contributed by atoms with Gasteiger partial charge in [0.25, 0.3) is 5.91 Å². The molecule has 0 spiro atoms. The van der Waals surface area contributed by atoms with Gasteiger partial charge in [-0.3, -0.25) is 9.69 Å². The quantitative estimate of drug-likeness (QED) is 0.460. The molecule has 1 N–H and O–H groups in total. The number of carbonyl (C=O) groups is 1. The van der Waals surface area contributed by atoms with Gasteiger partial charge >= 0.3 is 6.36 Å². The molecule has 1 heterocycles. The summed E-state index contributed by atoms with van der Waals surface area (Å²) in [7, 11) is 0. The molecule has 4 nitrogen and oxygen atoms in total. The number of amides is 1. The Labute approximate surface area is 188 Å². The zero-order chi connectivity index (χ0) is 23.6. The van der Waals surface area contributed by atoms with Crippen LogP contribution in [0.1, 0.15) is 30.1 Å². The summed E-state index contributed by atoms with van der Waals surface area (Å²) in [6.45, 7) is 1.91. The number of halogens is 4. The predicted octanol–water partition coefficient (Wildman–Crippen LogP) is 6.05. The molecule has 0 saturated carbocycles. The molecule has 4 rings (SSSR count). The van der Waals surface area contributed by atoms with Crippen LogP contribution in [-0.2, 0) is 4.79 Å². The number of alkyl halides is 3. The van der Waals surface area contributed by atoms with Crippen molar-refractivity contribution >= 4 is 11.6 Å². The molecule has 1 aliphatic heterocycles. The smallest absolute Gasteiger partial charge is 0.406 e. The lowest BCUT2D eigenvalue weighted by atomic mass is 10.1. The Hall–Kier alpha value is -3.81. The molecule has 3 aromatic carbocycles. The van der Waals surface area contributed by atoms with Crippen molar-refractivity contribution in [1.82, 2.24) is 5.32 Å². The van der Waals surface area contributed by atoms with Crippen molar-refractivity contribution in [3.8, 4) is 5.75 Å². The van der Waals surface area contributed by atoms with E-state index >= 15 is 0 Å². The number of hydrogen-bond acceptors (Lipinski definition) is 3. The van der Waals surface area contributed by atoms with Gasteiger partial charge in [-0.1, -0.05) is 42.5 Å². The zero-order valence-corrected chi connectivity index (χ0v) is 17.5. The van der Waals surface area contributed by atoms with Crippen LogP contribution in [0.2, 0.25) is 0 Å². The maximum atomic E-state index is 13.9. The normalized spacial score (nSPS) is 17.0. The number of nitrogens with one attached hydrogen (secondary N) is 1. The maximum Gasteiger partial charge on any atom is 0.573 e. The SMILES string of the molecule is C[C@@H](NC1=CC(c2cccc(F)c2)N(c2ccc(OC(F)(F)F)cc2)C1=O)c1ccccc1. The van der Waals surface area contributed by atoms with Gasteiger partial charge < -0.3 is 10.1 Å². The fourth-order valence-electron chi connectivity index (χ4n) is 3.75. The number of anilines is 1. The van der Waals surface area contributed by atoms with Gasteiger partial charge in [0.05, 0.1) is 11.7 Å². The van der Waals surface area contributed by atoms with Crippen molar-refractivity contribution in [2.24, 2.45) is 0 Å². The number of hydrogen-bond donors (Lipinski definition) is 1. The number of ether oxygens (including phenoxy) is 1. The summed E-state index contributed by atoms with van der Waals surface area (Å²) in [6, 6.07) is 19.6. The van der Waals surface area contributed by atoms with Crippen LogP contribution in [-0.4, -0.2) is 12.3 Å². The van der Waals surface area contributed by atoms with Crippen LogP contribution in [0.15, 0.2) is 90.6 Å². The molecule has 3 aromatic rings. The lowest BCUT2D eigenvalue weighted by molar-refractivity contribution is -0.274. The van der Waals surface area contributed by atoms with Crippen molar-refractivity contribution in [3.05, 3.63) is 108 Å². The number of carbonyl (C=O) groups excluding carboxylic acids is 1. The summed E-state index contributed by atoms with van der Waals surface area (Å²) in [5.41, 5.74) is 2.17. The Morgan fingerprint density at radius 1 is 0.970 bits per heavy atom. The summed E-state index contributed by atoms with van der Waals surface area (Å²) in [5, 5.41) is 3.20. The minimum Gasteiger partial charge on any atom is -0.406 e. The van der Waals surface area contributed by atoms with E-state index in [0.29, 0.717) is 16.9 Å². The van der Waals surface area contributed by atoms with E-state index in [1.807, 2.05) is 37.3 Å². The molecule has 0 radical (unpaired) electrons. The molecule has 1 aliphatic rings. The topological polar surface area (TPSA) is 41.6 Å². The van der Waals surface area contributed by atoms with E-state index in [1.54, 1.807) is 18.2 Å². The highest BCUT2D eigenvalue weighted by molar-refractivity contribution is 6.08. The highest BCUT2D eigenvalue weighted by Gasteiger charge is 2.36. The van der Waals surface area contributed by atoms with Gasteiger partial charge in [0.2, 0.25) is 0 Å². The predicted molar refractivity (Wildman–Crippen MR) is 116 cm³/mol. The second kappa shape index (κ2) is 8.97. The minimum atomic E-state index is -4.82. The van der Waals surface area contributed by atoms with Gasteiger partial charge in [-0.25, -0.2) is 4.39 Å². The molecule has 0 saturated heterocycles. The Morgan fingerprint density at radius 3 is 2.30 bits per heavy atom. The van der Waals surface area contributed by atoms with Gasteiger partial charge in [0.15, 0.2) is 0 Å². The van der Waals surface area contributed by atoms with Crippen molar-refractivity contribution in [2.75, 3.05) is 4.90 Å². The third kappa shape index (κ3) is 5.16. The van der Waals surface area contributed by atoms with Crippen LogP contribution in [0.4, 0.5) is 23.2 Å². The van der Waals surface area contributed by atoms with Crippen LogP contribution in [0.5, 0.6) is 5.75 Å². The Balaban J connectivity index is 1.65. The number of benzene rings is 3. The monoisotopic (exact) mass is 456 g/mol. The fourth-order valence-corrected chi connectivity index (χ4v) is 3.75. The van der Waals surface area contributed by atoms with Gasteiger partial charge in [-0.05, 0) is 60.5 Å². The third-order valence-corrected chi connectivity index (χ3v) is 5.26. The fraction of sp³-hybridized carbons (Fsp3) is 0.160. The first-order valence-corrected chi connectivity index (χ1v) is 10.2. The van der Waals surface area contributed by atoms with E-state index < -0.39 is 24.0 Å². The molecule has 0 aliphatic carbocycles. The Morgan fingerprint density at radius 2 is 1.67 bits per heavy atom. The van der Waals surface area contributed by atoms with E-state index in [2.05, 4.69) is 10.1 Å². The second-order valence-corrected chi connectivity index (χ2v) is 7.57. The summed E-state index contributed by atoms with van der Waals surface area (Å²) in [6.07, 6.45) is -3.13. The molecule has 1 unspecified atom stereocenters. The highest BCUT2D eigenvalue weighted by atomic mass is 19.4. The van der Waals surface area contributed by atoms with E-state index in [-0.39, 0.29) is 11.9 Å². The van der Waals surface area contributed by atoms with Crippen LogP contribution >= 0.6 is 0 Å². The first-order chi connectivity index (χ1) is 15.7. The van der Waals surface area contributed by atoms with Gasteiger partial charge in [-0.2, -0.15) is 0 Å². The summed E-state index contributed by atoms with van der Waals surface area (Å²) < 4.78 is 55.3. The van der Waals surface area contributed by atoms with Gasteiger partial charge in [0, 0.05) is 11.7 Å². The summed E-state index contributed by atoms with van der Waals surface area (Å²) >= 11 is 0.